The second-order valence-electron chi connectivity index (χ2n) is 6.79. The Morgan fingerprint density at radius 3 is 1.81 bits per heavy atom. The van der Waals surface area contributed by atoms with Crippen LogP contribution in [0.25, 0.3) is 0 Å². The van der Waals surface area contributed by atoms with Gasteiger partial charge in [0.15, 0.2) is 0 Å². The first-order valence-corrected chi connectivity index (χ1v) is 7.74. The minimum Gasteiger partial charge on any atom is -0.870 e. The van der Waals surface area contributed by atoms with Gasteiger partial charge in [-0.15, -0.1) is 0 Å². The van der Waals surface area contributed by atoms with Gasteiger partial charge in [0.1, 0.15) is 5.75 Å². The Kier molecular flexibility index (Phi) is 8.47. The second-order valence-corrected chi connectivity index (χ2v) is 7.96. The number of phosphoric acid groups is 1. The predicted molar refractivity (Wildman–Crippen MR) is 78.4 cm³/mol. The van der Waals surface area contributed by atoms with E-state index in [1.54, 1.807) is 6.07 Å². The third-order valence-corrected chi connectivity index (χ3v) is 3.31. The molecule has 0 amide bonds. The average molecular weight is 326 g/mol. The first-order valence-electron chi connectivity index (χ1n) is 6.21. The van der Waals surface area contributed by atoms with Gasteiger partial charge in [-0.1, -0.05) is 53.7 Å². The Balaban J connectivity index is 0. The Labute approximate surface area is 148 Å². The maximum atomic E-state index is 11.0. The molecule has 0 aromatic heterocycles. The van der Waals surface area contributed by atoms with Crippen LogP contribution in [-0.4, -0.2) is 15.3 Å². The molecule has 0 saturated heterocycles. The van der Waals surface area contributed by atoms with Gasteiger partial charge in [0.05, 0.1) is 0 Å². The third kappa shape index (κ3) is 7.29. The van der Waals surface area contributed by atoms with Gasteiger partial charge in [-0.25, -0.2) is 4.57 Å². The largest absolute Gasteiger partial charge is 1.00 e. The molecule has 1 rings (SSSR count). The summed E-state index contributed by atoms with van der Waals surface area (Å²) >= 11 is 0. The van der Waals surface area contributed by atoms with E-state index in [0.717, 1.165) is 11.1 Å². The van der Waals surface area contributed by atoms with E-state index >= 15 is 0 Å². The molecule has 1 aromatic rings. The predicted octanol–water partition coefficient (Wildman–Crippen LogP) is 0.580. The number of rotatable bonds is 2. The molecule has 116 valence electrons. The van der Waals surface area contributed by atoms with Crippen molar-refractivity contribution >= 4 is 7.82 Å². The summed E-state index contributed by atoms with van der Waals surface area (Å²) < 4.78 is 15.8. The minimum absolute atomic E-state index is 0. The van der Waals surface area contributed by atoms with Crippen LogP contribution in [0.4, 0.5) is 0 Å². The molecule has 1 aromatic carbocycles. The maximum Gasteiger partial charge on any atom is 1.00 e. The summed E-state index contributed by atoms with van der Waals surface area (Å²) in [5.41, 5.74) is 1.62. The van der Waals surface area contributed by atoms with Gasteiger partial charge in [-0.3, -0.25) is 9.79 Å². The number of hydrogen-bond acceptors (Lipinski definition) is 3. The zero-order valence-electron chi connectivity index (χ0n) is 13.8. The van der Waals surface area contributed by atoms with Crippen molar-refractivity contribution in [3.8, 4) is 5.75 Å². The Bertz CT molecular complexity index is 511. The Hall–Kier alpha value is 0.130. The molecule has 5 nitrogen and oxygen atoms in total. The SMILES string of the molecule is CC(C)(C)c1ccc(OP(=O)(O)O)c(C(C)(C)C)c1.[Na+].[OH-]. The van der Waals surface area contributed by atoms with Crippen LogP contribution in [0.2, 0.25) is 0 Å². The van der Waals surface area contributed by atoms with Crippen molar-refractivity contribution in [1.29, 1.82) is 0 Å². The first-order chi connectivity index (χ1) is 8.31. The molecule has 0 atom stereocenters. The summed E-state index contributed by atoms with van der Waals surface area (Å²) in [7, 11) is -4.54. The summed E-state index contributed by atoms with van der Waals surface area (Å²) in [6.07, 6.45) is 0. The van der Waals surface area contributed by atoms with E-state index in [-0.39, 0.29) is 51.6 Å². The molecule has 0 aliphatic carbocycles. The van der Waals surface area contributed by atoms with Crippen LogP contribution in [0.5, 0.6) is 5.75 Å². The van der Waals surface area contributed by atoms with Crippen molar-refractivity contribution in [3.63, 3.8) is 0 Å². The van der Waals surface area contributed by atoms with Gasteiger partial charge in [-0.2, -0.15) is 0 Å². The second kappa shape index (κ2) is 7.60. The van der Waals surface area contributed by atoms with Crippen LogP contribution in [0.15, 0.2) is 18.2 Å². The van der Waals surface area contributed by atoms with Crippen LogP contribution < -0.4 is 34.1 Å². The van der Waals surface area contributed by atoms with Crippen LogP contribution in [-0.2, 0) is 15.4 Å². The molecule has 0 unspecified atom stereocenters. The summed E-state index contributed by atoms with van der Waals surface area (Å²) in [5, 5.41) is 0. The number of phosphoric ester groups is 1. The fourth-order valence-corrected chi connectivity index (χ4v) is 2.21. The van der Waals surface area contributed by atoms with Crippen molar-refractivity contribution in [2.24, 2.45) is 0 Å². The normalized spacial score (nSPS) is 12.2. The maximum absolute atomic E-state index is 11.0. The number of hydrogen-bond donors (Lipinski definition) is 2. The Morgan fingerprint density at radius 1 is 1.00 bits per heavy atom. The third-order valence-electron chi connectivity index (χ3n) is 2.87. The van der Waals surface area contributed by atoms with Gasteiger partial charge < -0.3 is 10.00 Å². The van der Waals surface area contributed by atoms with E-state index < -0.39 is 7.82 Å². The molecule has 0 spiro atoms. The summed E-state index contributed by atoms with van der Waals surface area (Å²) in [5.74, 6) is 0.244. The van der Waals surface area contributed by atoms with Gasteiger partial charge in [0, 0.05) is 5.56 Å². The van der Waals surface area contributed by atoms with Crippen molar-refractivity contribution in [2.45, 2.75) is 52.4 Å². The molecule has 3 N–H and O–H groups in total. The molecule has 0 aliphatic heterocycles. The molecule has 0 heterocycles. The van der Waals surface area contributed by atoms with E-state index in [0.29, 0.717) is 0 Å². The van der Waals surface area contributed by atoms with Crippen molar-refractivity contribution in [1.82, 2.24) is 0 Å². The molecular formula is C14H24NaO5P. The summed E-state index contributed by atoms with van der Waals surface area (Å²) in [6, 6.07) is 5.45. The van der Waals surface area contributed by atoms with E-state index in [4.69, 9.17) is 14.3 Å². The molecule has 0 radical (unpaired) electrons. The van der Waals surface area contributed by atoms with Gasteiger partial charge in [-0.05, 0) is 22.5 Å². The van der Waals surface area contributed by atoms with Crippen LogP contribution in [0.1, 0.15) is 52.7 Å². The van der Waals surface area contributed by atoms with Crippen molar-refractivity contribution < 1.29 is 53.9 Å². The van der Waals surface area contributed by atoms with Crippen molar-refractivity contribution in [3.05, 3.63) is 29.3 Å². The molecule has 0 saturated carbocycles. The average Bonchev–Trinajstić information content (AvgIpc) is 2.11. The summed E-state index contributed by atoms with van der Waals surface area (Å²) in [4.78, 5) is 18.0. The van der Waals surface area contributed by atoms with Crippen molar-refractivity contribution in [2.75, 3.05) is 0 Å². The molecule has 21 heavy (non-hydrogen) atoms. The van der Waals surface area contributed by atoms with Crippen LogP contribution in [0, 0.1) is 0 Å². The Morgan fingerprint density at radius 2 is 1.48 bits per heavy atom. The fraction of sp³-hybridized carbons (Fsp3) is 0.571. The quantitative estimate of drug-likeness (QED) is 0.612. The smallest absolute Gasteiger partial charge is 0.870 e. The van der Waals surface area contributed by atoms with E-state index in [2.05, 4.69) is 20.8 Å². The van der Waals surface area contributed by atoms with Crippen LogP contribution in [0.3, 0.4) is 0 Å². The zero-order chi connectivity index (χ0) is 15.1. The van der Waals surface area contributed by atoms with E-state index in [9.17, 15) is 4.57 Å². The monoisotopic (exact) mass is 326 g/mol. The fourth-order valence-electron chi connectivity index (χ4n) is 1.79. The number of benzene rings is 1. The standard InChI is InChI=1S/C14H23O4P.Na.H2O/c1-13(2,3)10-7-8-12(18-19(15,16)17)11(9-10)14(4,5)6;;/h7-9H,1-6H3,(H2,15,16,17);;1H2/q;+1;/p-1. The van der Waals surface area contributed by atoms with Gasteiger partial charge >= 0.3 is 37.4 Å². The summed E-state index contributed by atoms with van der Waals surface area (Å²) in [6.45, 7) is 12.2. The molecule has 7 heteroatoms. The molecule has 0 bridgehead atoms. The molecule has 0 aliphatic rings. The first kappa shape index (κ1) is 23.4. The molecule has 0 fully saturated rings. The topological polar surface area (TPSA) is 96.8 Å². The van der Waals surface area contributed by atoms with Crippen LogP contribution >= 0.6 is 7.82 Å². The van der Waals surface area contributed by atoms with E-state index in [1.807, 2.05) is 32.9 Å². The minimum atomic E-state index is -4.54. The van der Waals surface area contributed by atoms with Gasteiger partial charge in [0.25, 0.3) is 0 Å². The van der Waals surface area contributed by atoms with E-state index in [1.165, 1.54) is 0 Å². The van der Waals surface area contributed by atoms with Gasteiger partial charge in [0.2, 0.25) is 0 Å². The molecular weight excluding hydrogens is 302 g/mol. The zero-order valence-corrected chi connectivity index (χ0v) is 16.7.